The van der Waals surface area contributed by atoms with Crippen molar-refractivity contribution >= 4 is 12.6 Å². The minimum Gasteiger partial charge on any atom is -0.179 e. The molecular formula is C8H14S. The molecule has 0 heterocycles. The summed E-state index contributed by atoms with van der Waals surface area (Å²) in [5, 5.41) is 0. The van der Waals surface area contributed by atoms with Gasteiger partial charge in [0.15, 0.2) is 0 Å². The third kappa shape index (κ3) is 0.813. The van der Waals surface area contributed by atoms with Gasteiger partial charge in [-0.05, 0) is 36.3 Å². The standard InChI is InChI=1S/C8H14S/c9-6-8-4-2-1-3-7(8)5-8/h7,9H,1-6H2. The van der Waals surface area contributed by atoms with E-state index in [9.17, 15) is 0 Å². The molecule has 0 aromatic heterocycles. The highest BCUT2D eigenvalue weighted by Crippen LogP contribution is 2.61. The topological polar surface area (TPSA) is 0 Å². The molecule has 0 amide bonds. The van der Waals surface area contributed by atoms with Crippen LogP contribution < -0.4 is 0 Å². The highest BCUT2D eigenvalue weighted by Gasteiger charge is 2.53. The van der Waals surface area contributed by atoms with Gasteiger partial charge in [-0.15, -0.1) is 0 Å². The molecule has 0 saturated heterocycles. The summed E-state index contributed by atoms with van der Waals surface area (Å²) in [6, 6.07) is 0. The van der Waals surface area contributed by atoms with Crippen molar-refractivity contribution in [2.75, 3.05) is 5.75 Å². The lowest BCUT2D eigenvalue weighted by atomic mass is 9.90. The Balaban J connectivity index is 2.01. The maximum Gasteiger partial charge on any atom is -0.00384 e. The number of hydrogen-bond acceptors (Lipinski definition) is 1. The smallest absolute Gasteiger partial charge is 0.00384 e. The van der Waals surface area contributed by atoms with Gasteiger partial charge in [-0.1, -0.05) is 12.8 Å². The molecule has 2 aliphatic rings. The first-order valence-electron chi connectivity index (χ1n) is 3.98. The van der Waals surface area contributed by atoms with Gasteiger partial charge >= 0.3 is 0 Å². The van der Waals surface area contributed by atoms with Crippen molar-refractivity contribution in [1.82, 2.24) is 0 Å². The van der Waals surface area contributed by atoms with E-state index in [2.05, 4.69) is 12.6 Å². The molecule has 0 N–H and O–H groups in total. The molecular weight excluding hydrogens is 128 g/mol. The van der Waals surface area contributed by atoms with E-state index in [0.29, 0.717) is 0 Å². The maximum atomic E-state index is 4.39. The maximum absolute atomic E-state index is 4.39. The molecule has 2 rings (SSSR count). The van der Waals surface area contributed by atoms with Gasteiger partial charge in [0.1, 0.15) is 0 Å². The van der Waals surface area contributed by atoms with Crippen LogP contribution in [-0.2, 0) is 0 Å². The Bertz CT molecular complexity index is 122. The zero-order valence-electron chi connectivity index (χ0n) is 5.77. The van der Waals surface area contributed by atoms with Crippen molar-refractivity contribution in [1.29, 1.82) is 0 Å². The predicted molar refractivity (Wildman–Crippen MR) is 42.9 cm³/mol. The van der Waals surface area contributed by atoms with Crippen molar-refractivity contribution in [2.45, 2.75) is 32.1 Å². The number of thiol groups is 1. The van der Waals surface area contributed by atoms with Gasteiger partial charge in [0, 0.05) is 0 Å². The molecule has 0 bridgehead atoms. The van der Waals surface area contributed by atoms with Crippen LogP contribution in [0.25, 0.3) is 0 Å². The second kappa shape index (κ2) is 1.91. The summed E-state index contributed by atoms with van der Waals surface area (Å²) in [5.74, 6) is 2.24. The van der Waals surface area contributed by atoms with Crippen LogP contribution in [0.4, 0.5) is 0 Å². The van der Waals surface area contributed by atoms with E-state index in [-0.39, 0.29) is 0 Å². The summed E-state index contributed by atoms with van der Waals surface area (Å²) in [7, 11) is 0. The second-order valence-electron chi connectivity index (χ2n) is 3.67. The Morgan fingerprint density at radius 1 is 1.44 bits per heavy atom. The Morgan fingerprint density at radius 2 is 2.33 bits per heavy atom. The Kier molecular flexibility index (Phi) is 1.29. The van der Waals surface area contributed by atoms with Crippen molar-refractivity contribution in [2.24, 2.45) is 11.3 Å². The molecule has 52 valence electrons. The summed E-state index contributed by atoms with van der Waals surface area (Å²) in [4.78, 5) is 0. The van der Waals surface area contributed by atoms with Crippen LogP contribution >= 0.6 is 12.6 Å². The predicted octanol–water partition coefficient (Wildman–Crippen LogP) is 2.50. The third-order valence-electron chi connectivity index (χ3n) is 3.15. The van der Waals surface area contributed by atoms with Crippen LogP contribution in [0.1, 0.15) is 32.1 Å². The monoisotopic (exact) mass is 142 g/mol. The van der Waals surface area contributed by atoms with E-state index in [1.165, 1.54) is 32.1 Å². The molecule has 2 fully saturated rings. The third-order valence-corrected chi connectivity index (χ3v) is 3.78. The molecule has 0 spiro atoms. The quantitative estimate of drug-likeness (QED) is 0.534. The Labute approximate surface area is 62.4 Å². The molecule has 9 heavy (non-hydrogen) atoms. The van der Waals surface area contributed by atoms with Crippen molar-refractivity contribution in [3.8, 4) is 0 Å². The van der Waals surface area contributed by atoms with Gasteiger partial charge in [-0.3, -0.25) is 0 Å². The van der Waals surface area contributed by atoms with E-state index in [0.717, 1.165) is 17.1 Å². The Hall–Kier alpha value is 0.350. The summed E-state index contributed by atoms with van der Waals surface area (Å²) in [6.45, 7) is 0. The van der Waals surface area contributed by atoms with Gasteiger partial charge in [-0.2, -0.15) is 12.6 Å². The van der Waals surface area contributed by atoms with Crippen LogP contribution in [0, 0.1) is 11.3 Å². The zero-order valence-corrected chi connectivity index (χ0v) is 6.66. The fourth-order valence-corrected chi connectivity index (χ4v) is 2.83. The number of fused-ring (bicyclic) bond motifs is 1. The molecule has 0 aliphatic heterocycles. The SMILES string of the molecule is SCC12CCCCC1C2. The van der Waals surface area contributed by atoms with E-state index in [1.54, 1.807) is 0 Å². The molecule has 2 saturated carbocycles. The van der Waals surface area contributed by atoms with E-state index >= 15 is 0 Å². The summed E-state index contributed by atoms with van der Waals surface area (Å²) >= 11 is 4.39. The second-order valence-corrected chi connectivity index (χ2v) is 3.98. The van der Waals surface area contributed by atoms with Crippen LogP contribution in [0.5, 0.6) is 0 Å². The summed E-state index contributed by atoms with van der Waals surface area (Å²) in [6.07, 6.45) is 7.43. The van der Waals surface area contributed by atoms with Gasteiger partial charge in [0.25, 0.3) is 0 Å². The van der Waals surface area contributed by atoms with Crippen molar-refractivity contribution < 1.29 is 0 Å². The van der Waals surface area contributed by atoms with Crippen LogP contribution in [-0.4, -0.2) is 5.75 Å². The molecule has 0 radical (unpaired) electrons. The van der Waals surface area contributed by atoms with E-state index in [1.807, 2.05) is 0 Å². The van der Waals surface area contributed by atoms with E-state index in [4.69, 9.17) is 0 Å². The van der Waals surface area contributed by atoms with Gasteiger partial charge in [-0.25, -0.2) is 0 Å². The fourth-order valence-electron chi connectivity index (χ4n) is 2.29. The Morgan fingerprint density at radius 3 is 2.89 bits per heavy atom. The lowest BCUT2D eigenvalue weighted by Crippen LogP contribution is -2.10. The minimum absolute atomic E-state index is 0.751. The number of hydrogen-bond donors (Lipinski definition) is 1. The first-order chi connectivity index (χ1) is 4.37. The molecule has 2 aliphatic carbocycles. The van der Waals surface area contributed by atoms with Gasteiger partial charge in [0.05, 0.1) is 0 Å². The molecule has 0 aromatic carbocycles. The first kappa shape index (κ1) is 6.09. The number of rotatable bonds is 1. The molecule has 2 atom stereocenters. The van der Waals surface area contributed by atoms with Crippen LogP contribution in [0.15, 0.2) is 0 Å². The van der Waals surface area contributed by atoms with Crippen molar-refractivity contribution in [3.63, 3.8) is 0 Å². The summed E-state index contributed by atoms with van der Waals surface area (Å²) in [5.41, 5.74) is 0.751. The van der Waals surface area contributed by atoms with E-state index < -0.39 is 0 Å². The summed E-state index contributed by atoms with van der Waals surface area (Å²) < 4.78 is 0. The van der Waals surface area contributed by atoms with Gasteiger partial charge in [0.2, 0.25) is 0 Å². The highest BCUT2D eigenvalue weighted by molar-refractivity contribution is 7.80. The molecule has 0 nitrogen and oxygen atoms in total. The average Bonchev–Trinajstić information content (AvgIpc) is 2.62. The largest absolute Gasteiger partial charge is 0.179 e. The first-order valence-corrected chi connectivity index (χ1v) is 4.61. The zero-order chi connectivity index (χ0) is 6.32. The molecule has 2 unspecified atom stereocenters. The van der Waals surface area contributed by atoms with Crippen LogP contribution in [0.2, 0.25) is 0 Å². The van der Waals surface area contributed by atoms with Crippen LogP contribution in [0.3, 0.4) is 0 Å². The average molecular weight is 142 g/mol. The lowest BCUT2D eigenvalue weighted by Gasteiger charge is -2.18. The lowest BCUT2D eigenvalue weighted by molar-refractivity contribution is 0.373. The molecule has 1 heteroatoms. The van der Waals surface area contributed by atoms with Gasteiger partial charge < -0.3 is 0 Å². The van der Waals surface area contributed by atoms with Crippen molar-refractivity contribution in [3.05, 3.63) is 0 Å². The normalized spacial score (nSPS) is 48.3. The highest BCUT2D eigenvalue weighted by atomic mass is 32.1. The minimum atomic E-state index is 0.751. The fraction of sp³-hybridized carbons (Fsp3) is 1.00. The molecule has 0 aromatic rings.